The molecule has 1 spiro atoms. The third-order valence-corrected chi connectivity index (χ3v) is 6.63. The number of benzene rings is 1. The standard InChI is InChI=1S/C21H30FN3O2/c1-3-14(27-17-8-5-4-7-16(17)22)13-24-20(23-2)25-18-15-9-12-26-19(15)21(18)10-6-11-21/h4-5,7-8,14-15,18-19H,3,6,9-13H2,1-2H3,(H2,23,24,25). The Morgan fingerprint density at radius 3 is 2.89 bits per heavy atom. The predicted molar refractivity (Wildman–Crippen MR) is 104 cm³/mol. The maximum atomic E-state index is 13.8. The van der Waals surface area contributed by atoms with Crippen molar-refractivity contribution in [3.05, 3.63) is 30.1 Å². The van der Waals surface area contributed by atoms with Crippen LogP contribution in [-0.2, 0) is 4.74 Å². The van der Waals surface area contributed by atoms with Crippen LogP contribution >= 0.6 is 0 Å². The highest BCUT2D eigenvalue weighted by atomic mass is 19.1. The number of nitrogens with zero attached hydrogens (tertiary/aromatic N) is 1. The number of hydrogen-bond donors (Lipinski definition) is 2. The molecule has 148 valence electrons. The number of ether oxygens (including phenoxy) is 2. The number of aliphatic imine (C=N–C) groups is 1. The molecule has 5 nitrogen and oxygen atoms in total. The van der Waals surface area contributed by atoms with Crippen LogP contribution in [0.5, 0.6) is 5.75 Å². The smallest absolute Gasteiger partial charge is 0.191 e. The largest absolute Gasteiger partial charge is 0.486 e. The van der Waals surface area contributed by atoms with E-state index in [2.05, 4.69) is 15.6 Å². The monoisotopic (exact) mass is 375 g/mol. The van der Waals surface area contributed by atoms with Crippen molar-refractivity contribution >= 4 is 5.96 Å². The molecule has 0 amide bonds. The molecule has 0 aromatic heterocycles. The normalized spacial score (nSPS) is 29.4. The molecule has 3 fully saturated rings. The highest BCUT2D eigenvalue weighted by molar-refractivity contribution is 5.80. The summed E-state index contributed by atoms with van der Waals surface area (Å²) in [6.07, 6.45) is 6.02. The first-order valence-corrected chi connectivity index (χ1v) is 10.2. The molecular weight excluding hydrogens is 345 g/mol. The Kier molecular flexibility index (Phi) is 5.26. The number of rotatable bonds is 6. The van der Waals surface area contributed by atoms with E-state index >= 15 is 0 Å². The van der Waals surface area contributed by atoms with Crippen molar-refractivity contribution in [1.29, 1.82) is 0 Å². The van der Waals surface area contributed by atoms with E-state index in [-0.39, 0.29) is 11.9 Å². The molecule has 6 heteroatoms. The minimum atomic E-state index is -0.327. The van der Waals surface area contributed by atoms with E-state index in [1.165, 1.54) is 25.3 Å². The maximum absolute atomic E-state index is 13.8. The van der Waals surface area contributed by atoms with Crippen LogP contribution in [0.4, 0.5) is 4.39 Å². The van der Waals surface area contributed by atoms with Gasteiger partial charge in [-0.25, -0.2) is 4.39 Å². The van der Waals surface area contributed by atoms with Crippen molar-refractivity contribution in [3.63, 3.8) is 0 Å². The Labute approximate surface area is 160 Å². The lowest BCUT2D eigenvalue weighted by Gasteiger charge is -2.63. The number of halogens is 1. The van der Waals surface area contributed by atoms with Gasteiger partial charge in [0.2, 0.25) is 0 Å². The minimum Gasteiger partial charge on any atom is -0.486 e. The third kappa shape index (κ3) is 3.28. The van der Waals surface area contributed by atoms with Crippen LogP contribution in [0.25, 0.3) is 0 Å². The zero-order valence-corrected chi connectivity index (χ0v) is 16.2. The van der Waals surface area contributed by atoms with Crippen molar-refractivity contribution in [2.45, 2.75) is 57.3 Å². The predicted octanol–water partition coefficient (Wildman–Crippen LogP) is 3.11. The van der Waals surface area contributed by atoms with E-state index in [9.17, 15) is 4.39 Å². The first-order valence-electron chi connectivity index (χ1n) is 10.2. The van der Waals surface area contributed by atoms with Crippen molar-refractivity contribution in [2.24, 2.45) is 16.3 Å². The molecule has 2 aliphatic carbocycles. The molecule has 3 aliphatic rings. The van der Waals surface area contributed by atoms with Crippen LogP contribution in [0.1, 0.15) is 39.0 Å². The number of para-hydroxylation sites is 1. The molecule has 2 saturated carbocycles. The average Bonchev–Trinajstić information content (AvgIpc) is 3.06. The highest BCUT2D eigenvalue weighted by Gasteiger charge is 2.66. The van der Waals surface area contributed by atoms with Gasteiger partial charge >= 0.3 is 0 Å². The van der Waals surface area contributed by atoms with Gasteiger partial charge in [-0.15, -0.1) is 0 Å². The second-order valence-electron chi connectivity index (χ2n) is 7.98. The highest BCUT2D eigenvalue weighted by Crippen LogP contribution is 2.62. The quantitative estimate of drug-likeness (QED) is 0.593. The van der Waals surface area contributed by atoms with Crippen LogP contribution < -0.4 is 15.4 Å². The Morgan fingerprint density at radius 1 is 1.41 bits per heavy atom. The summed E-state index contributed by atoms with van der Waals surface area (Å²) in [6.45, 7) is 3.50. The maximum Gasteiger partial charge on any atom is 0.191 e. The molecule has 1 aromatic carbocycles. The summed E-state index contributed by atoms with van der Waals surface area (Å²) < 4.78 is 25.7. The first kappa shape index (κ1) is 18.5. The summed E-state index contributed by atoms with van der Waals surface area (Å²) in [5.41, 5.74) is 0.312. The first-order chi connectivity index (χ1) is 13.2. The summed E-state index contributed by atoms with van der Waals surface area (Å²) in [7, 11) is 1.79. The van der Waals surface area contributed by atoms with Gasteiger partial charge in [0.15, 0.2) is 17.5 Å². The second kappa shape index (κ2) is 7.66. The summed E-state index contributed by atoms with van der Waals surface area (Å²) >= 11 is 0. The van der Waals surface area contributed by atoms with E-state index in [0.717, 1.165) is 25.4 Å². The minimum absolute atomic E-state index is 0.123. The van der Waals surface area contributed by atoms with Gasteiger partial charge < -0.3 is 20.1 Å². The van der Waals surface area contributed by atoms with E-state index in [1.807, 2.05) is 6.92 Å². The number of fused-ring (bicyclic) bond motifs is 2. The van der Waals surface area contributed by atoms with E-state index in [4.69, 9.17) is 9.47 Å². The molecular formula is C21H30FN3O2. The lowest BCUT2D eigenvalue weighted by atomic mass is 9.46. The molecule has 1 aliphatic heterocycles. The van der Waals surface area contributed by atoms with E-state index in [1.54, 1.807) is 25.2 Å². The molecule has 4 atom stereocenters. The van der Waals surface area contributed by atoms with Crippen LogP contribution in [0, 0.1) is 17.2 Å². The Morgan fingerprint density at radius 2 is 2.22 bits per heavy atom. The van der Waals surface area contributed by atoms with Gasteiger partial charge in [-0.2, -0.15) is 0 Å². The Bertz CT molecular complexity index is 692. The molecule has 2 N–H and O–H groups in total. The zero-order chi connectivity index (χ0) is 18.9. The Hall–Kier alpha value is -1.82. The lowest BCUT2D eigenvalue weighted by Crippen LogP contribution is -2.72. The summed E-state index contributed by atoms with van der Waals surface area (Å²) in [5, 5.41) is 7.03. The summed E-state index contributed by atoms with van der Waals surface area (Å²) in [6, 6.07) is 6.98. The van der Waals surface area contributed by atoms with E-state index in [0.29, 0.717) is 35.8 Å². The van der Waals surface area contributed by atoms with Gasteiger partial charge in [-0.3, -0.25) is 4.99 Å². The number of nitrogens with one attached hydrogen (secondary N) is 2. The van der Waals surface area contributed by atoms with E-state index < -0.39 is 0 Å². The third-order valence-electron chi connectivity index (χ3n) is 6.63. The molecule has 0 bridgehead atoms. The molecule has 0 radical (unpaired) electrons. The topological polar surface area (TPSA) is 54.9 Å². The van der Waals surface area contributed by atoms with Gasteiger partial charge in [-0.1, -0.05) is 25.5 Å². The second-order valence-corrected chi connectivity index (χ2v) is 7.98. The molecule has 4 unspecified atom stereocenters. The SMILES string of the molecule is CCC(CNC(=NC)NC1C2CCOC2C12CCC2)Oc1ccccc1F. The van der Waals surface area contributed by atoms with Gasteiger partial charge in [0.25, 0.3) is 0 Å². The van der Waals surface area contributed by atoms with Crippen molar-refractivity contribution in [2.75, 3.05) is 20.2 Å². The Balaban J connectivity index is 1.33. The van der Waals surface area contributed by atoms with Crippen LogP contribution in [0.3, 0.4) is 0 Å². The van der Waals surface area contributed by atoms with Crippen molar-refractivity contribution < 1.29 is 13.9 Å². The van der Waals surface area contributed by atoms with Gasteiger partial charge in [-0.05, 0) is 37.8 Å². The summed E-state index contributed by atoms with van der Waals surface area (Å²) in [4.78, 5) is 4.40. The fraction of sp³-hybridized carbons (Fsp3) is 0.667. The number of guanidine groups is 1. The average molecular weight is 375 g/mol. The molecule has 4 rings (SSSR count). The molecule has 1 saturated heterocycles. The fourth-order valence-electron chi connectivity index (χ4n) is 5.00. The summed E-state index contributed by atoms with van der Waals surface area (Å²) in [5.74, 6) is 1.37. The van der Waals surface area contributed by atoms with Gasteiger partial charge in [0.05, 0.1) is 12.6 Å². The number of hydrogen-bond acceptors (Lipinski definition) is 3. The van der Waals surface area contributed by atoms with Crippen molar-refractivity contribution in [3.8, 4) is 5.75 Å². The van der Waals surface area contributed by atoms with Gasteiger partial charge in [0, 0.05) is 31.0 Å². The van der Waals surface area contributed by atoms with Crippen molar-refractivity contribution in [1.82, 2.24) is 10.6 Å². The van der Waals surface area contributed by atoms with Crippen LogP contribution in [-0.4, -0.2) is 44.4 Å². The van der Waals surface area contributed by atoms with Gasteiger partial charge in [0.1, 0.15) is 6.10 Å². The van der Waals surface area contributed by atoms with Crippen LogP contribution in [0.15, 0.2) is 29.3 Å². The van der Waals surface area contributed by atoms with Crippen LogP contribution in [0.2, 0.25) is 0 Å². The molecule has 1 heterocycles. The zero-order valence-electron chi connectivity index (χ0n) is 16.2. The molecule has 27 heavy (non-hydrogen) atoms. The lowest BCUT2D eigenvalue weighted by molar-refractivity contribution is -0.171. The molecule has 1 aromatic rings. The fourth-order valence-corrected chi connectivity index (χ4v) is 5.00.